The summed E-state index contributed by atoms with van der Waals surface area (Å²) in [5.74, 6) is 3.44. The number of piperidine rings is 1. The second kappa shape index (κ2) is 10.5. The predicted octanol–water partition coefficient (Wildman–Crippen LogP) is 6.12. The SMILES string of the molecule is CC1(C)CC(N[C@@H]2[C@@H]3CC4C[C@H]2C[C@@](CNc2nc(NCc5ccccc5Cl)ncc2C#N)(C4)C3)CC(C)(C)N1. The highest BCUT2D eigenvalue weighted by atomic mass is 35.5. The van der Waals surface area contributed by atoms with Gasteiger partial charge in [0.2, 0.25) is 5.95 Å². The summed E-state index contributed by atoms with van der Waals surface area (Å²) in [5.41, 5.74) is 2.08. The lowest BCUT2D eigenvalue weighted by atomic mass is 9.47. The van der Waals surface area contributed by atoms with Crippen LogP contribution in [0.5, 0.6) is 0 Å². The van der Waals surface area contributed by atoms with Crippen molar-refractivity contribution in [3.8, 4) is 6.07 Å². The topological polar surface area (TPSA) is 97.7 Å². The number of hydrogen-bond acceptors (Lipinski definition) is 7. The molecule has 4 N–H and O–H groups in total. The van der Waals surface area contributed by atoms with Crippen molar-refractivity contribution in [2.24, 2.45) is 23.2 Å². The minimum absolute atomic E-state index is 0.160. The third-order valence-electron chi connectivity index (χ3n) is 9.95. The molecule has 5 atom stereocenters. The highest BCUT2D eigenvalue weighted by Gasteiger charge is 2.55. The average Bonchev–Trinajstić information content (AvgIpc) is 2.87. The smallest absolute Gasteiger partial charge is 0.224 e. The van der Waals surface area contributed by atoms with E-state index in [9.17, 15) is 5.26 Å². The van der Waals surface area contributed by atoms with Crippen LogP contribution < -0.4 is 21.3 Å². The molecule has 7 nitrogen and oxygen atoms in total. The molecular weight excluding hydrogens is 518 g/mol. The Labute approximate surface area is 244 Å². The van der Waals surface area contributed by atoms with Crippen LogP contribution in [0.3, 0.4) is 0 Å². The molecule has 0 spiro atoms. The molecule has 1 unspecified atom stereocenters. The molecule has 0 radical (unpaired) electrons. The van der Waals surface area contributed by atoms with E-state index in [-0.39, 0.29) is 16.5 Å². The van der Waals surface area contributed by atoms with Gasteiger partial charge in [0, 0.05) is 41.3 Å². The molecule has 40 heavy (non-hydrogen) atoms. The van der Waals surface area contributed by atoms with Gasteiger partial charge in [0.1, 0.15) is 17.5 Å². The van der Waals surface area contributed by atoms with Crippen molar-refractivity contribution in [1.29, 1.82) is 5.26 Å². The van der Waals surface area contributed by atoms with Gasteiger partial charge in [-0.2, -0.15) is 10.2 Å². The highest BCUT2D eigenvalue weighted by Crippen LogP contribution is 2.60. The van der Waals surface area contributed by atoms with Crippen LogP contribution in [0.15, 0.2) is 30.5 Å². The van der Waals surface area contributed by atoms with Gasteiger partial charge in [-0.25, -0.2) is 4.98 Å². The Morgan fingerprint density at radius 1 is 1.00 bits per heavy atom. The molecule has 5 fully saturated rings. The van der Waals surface area contributed by atoms with E-state index >= 15 is 0 Å². The van der Waals surface area contributed by atoms with E-state index in [1.54, 1.807) is 6.20 Å². The molecule has 1 aliphatic heterocycles. The number of anilines is 2. The van der Waals surface area contributed by atoms with Gasteiger partial charge < -0.3 is 21.3 Å². The van der Waals surface area contributed by atoms with Crippen LogP contribution >= 0.6 is 11.6 Å². The fourth-order valence-corrected chi connectivity index (χ4v) is 9.37. The molecule has 1 aromatic carbocycles. The summed E-state index contributed by atoms with van der Waals surface area (Å²) in [4.78, 5) is 9.08. The van der Waals surface area contributed by atoms with Crippen molar-refractivity contribution in [1.82, 2.24) is 20.6 Å². The number of aromatic nitrogens is 2. The van der Waals surface area contributed by atoms with Crippen LogP contribution in [-0.4, -0.2) is 39.7 Å². The van der Waals surface area contributed by atoms with Gasteiger partial charge in [0.15, 0.2) is 0 Å². The molecule has 5 aliphatic rings. The lowest BCUT2D eigenvalue weighted by Gasteiger charge is -2.61. The summed E-state index contributed by atoms with van der Waals surface area (Å²) in [6.45, 7) is 10.8. The average molecular weight is 562 g/mol. The largest absolute Gasteiger partial charge is 0.368 e. The summed E-state index contributed by atoms with van der Waals surface area (Å²) in [6, 6.07) is 11.2. The van der Waals surface area contributed by atoms with Crippen molar-refractivity contribution in [3.05, 3.63) is 46.6 Å². The van der Waals surface area contributed by atoms with Crippen molar-refractivity contribution < 1.29 is 0 Å². The molecule has 8 heteroatoms. The molecule has 2 heterocycles. The minimum Gasteiger partial charge on any atom is -0.368 e. The van der Waals surface area contributed by atoms with Crippen molar-refractivity contribution >= 4 is 23.4 Å². The Morgan fingerprint density at radius 3 is 2.38 bits per heavy atom. The van der Waals surface area contributed by atoms with E-state index in [2.05, 4.69) is 60.0 Å². The lowest BCUT2D eigenvalue weighted by Crippen LogP contribution is -2.66. The number of rotatable bonds is 8. The lowest BCUT2D eigenvalue weighted by molar-refractivity contribution is -0.0749. The quantitative estimate of drug-likeness (QED) is 0.308. The maximum absolute atomic E-state index is 9.76. The number of nitriles is 1. The molecule has 214 valence electrons. The maximum atomic E-state index is 9.76. The Morgan fingerprint density at radius 2 is 1.70 bits per heavy atom. The standard InChI is InChI=1S/C32H44ClN7/c1-30(2)14-25(15-31(3,4)40-30)38-27-22-9-20-10-23(27)13-32(11-20,12-22)19-37-28-24(16-34)18-36-29(39-28)35-17-21-7-5-6-8-26(21)33/h5-8,18,20,22-23,25,27,38,40H,9-15,17,19H2,1-4H3,(H2,35,36,37,39)/t20?,22-,23+,27-,32-. The number of hydrogen-bond donors (Lipinski definition) is 4. The fraction of sp³-hybridized carbons (Fsp3) is 0.656. The van der Waals surface area contributed by atoms with E-state index in [0.29, 0.717) is 41.0 Å². The number of halogens is 1. The molecule has 2 aromatic rings. The van der Waals surface area contributed by atoms with Crippen LogP contribution in [-0.2, 0) is 6.54 Å². The van der Waals surface area contributed by atoms with Gasteiger partial charge >= 0.3 is 0 Å². The Kier molecular flexibility index (Phi) is 7.26. The number of nitrogens with one attached hydrogen (secondary N) is 4. The molecule has 4 saturated carbocycles. The Bertz CT molecular complexity index is 1250. The molecule has 7 rings (SSSR count). The fourth-order valence-electron chi connectivity index (χ4n) is 9.16. The molecule has 1 saturated heterocycles. The first-order valence-corrected chi connectivity index (χ1v) is 15.4. The van der Waals surface area contributed by atoms with Gasteiger partial charge in [-0.1, -0.05) is 29.8 Å². The second-order valence-corrected chi connectivity index (χ2v) is 14.9. The minimum atomic E-state index is 0.160. The van der Waals surface area contributed by atoms with Crippen LogP contribution in [0, 0.1) is 34.5 Å². The summed E-state index contributed by atoms with van der Waals surface area (Å²) in [6.07, 6.45) is 10.5. The van der Waals surface area contributed by atoms with E-state index < -0.39 is 0 Å². The van der Waals surface area contributed by atoms with Crippen LogP contribution in [0.4, 0.5) is 11.8 Å². The third-order valence-corrected chi connectivity index (χ3v) is 10.3. The van der Waals surface area contributed by atoms with E-state index in [0.717, 1.165) is 29.9 Å². The van der Waals surface area contributed by atoms with Gasteiger partial charge in [0.05, 0.1) is 6.20 Å². The summed E-state index contributed by atoms with van der Waals surface area (Å²) < 4.78 is 0. The summed E-state index contributed by atoms with van der Waals surface area (Å²) in [5, 5.41) is 25.4. The normalized spacial score (nSPS) is 32.0. The third kappa shape index (κ3) is 5.82. The van der Waals surface area contributed by atoms with Crippen molar-refractivity contribution in [2.45, 2.75) is 102 Å². The second-order valence-electron chi connectivity index (χ2n) is 14.5. The van der Waals surface area contributed by atoms with Gasteiger partial charge in [-0.15, -0.1) is 0 Å². The maximum Gasteiger partial charge on any atom is 0.224 e. The van der Waals surface area contributed by atoms with Gasteiger partial charge in [0.25, 0.3) is 0 Å². The van der Waals surface area contributed by atoms with Crippen LogP contribution in [0.2, 0.25) is 5.02 Å². The Hall–Kier alpha value is -2.40. The summed E-state index contributed by atoms with van der Waals surface area (Å²) >= 11 is 6.32. The van der Waals surface area contributed by atoms with Crippen molar-refractivity contribution in [2.75, 3.05) is 17.2 Å². The molecule has 4 aliphatic carbocycles. The Balaban J connectivity index is 1.12. The van der Waals surface area contributed by atoms with Gasteiger partial charge in [-0.05, 0) is 107 Å². The monoisotopic (exact) mass is 561 g/mol. The van der Waals surface area contributed by atoms with Gasteiger partial charge in [-0.3, -0.25) is 0 Å². The molecule has 4 bridgehead atoms. The van der Waals surface area contributed by atoms with E-state index in [1.807, 2.05) is 24.3 Å². The van der Waals surface area contributed by atoms with E-state index in [1.165, 1.54) is 44.9 Å². The molecular formula is C32H44ClN7. The zero-order valence-corrected chi connectivity index (χ0v) is 25.1. The van der Waals surface area contributed by atoms with Crippen LogP contribution in [0.1, 0.15) is 83.8 Å². The van der Waals surface area contributed by atoms with E-state index in [4.69, 9.17) is 16.6 Å². The molecule has 1 aromatic heterocycles. The number of nitrogens with zero attached hydrogens (tertiary/aromatic N) is 3. The highest BCUT2D eigenvalue weighted by molar-refractivity contribution is 6.31. The zero-order chi connectivity index (χ0) is 28.1. The first-order chi connectivity index (χ1) is 19.0. The first-order valence-electron chi connectivity index (χ1n) is 15.1. The summed E-state index contributed by atoms with van der Waals surface area (Å²) in [7, 11) is 0. The van der Waals surface area contributed by atoms with Crippen LogP contribution in [0.25, 0.3) is 0 Å². The number of benzene rings is 1. The molecule has 0 amide bonds. The zero-order valence-electron chi connectivity index (χ0n) is 24.4. The van der Waals surface area contributed by atoms with Crippen molar-refractivity contribution in [3.63, 3.8) is 0 Å². The first kappa shape index (κ1) is 27.8. The predicted molar refractivity (Wildman–Crippen MR) is 161 cm³/mol.